The highest BCUT2D eigenvalue weighted by Crippen LogP contribution is 2.29. The molecule has 102 valence electrons. The number of carbonyl (C=O) groups excluding carboxylic acids is 1. The SMILES string of the molecule is CC(C=O)CC(C)(C)NC(C)(C)CC(C)(C)C. The summed E-state index contributed by atoms with van der Waals surface area (Å²) in [6.45, 7) is 17.6. The van der Waals surface area contributed by atoms with Crippen molar-refractivity contribution >= 4 is 6.29 Å². The lowest BCUT2D eigenvalue weighted by molar-refractivity contribution is -0.111. The van der Waals surface area contributed by atoms with E-state index in [2.05, 4.69) is 53.8 Å². The van der Waals surface area contributed by atoms with Gasteiger partial charge in [0.1, 0.15) is 6.29 Å². The molecule has 0 aromatic carbocycles. The van der Waals surface area contributed by atoms with Gasteiger partial charge in [-0.3, -0.25) is 0 Å². The van der Waals surface area contributed by atoms with Crippen LogP contribution >= 0.6 is 0 Å². The zero-order chi connectivity index (χ0) is 13.9. The maximum absolute atomic E-state index is 10.7. The Kier molecular flexibility index (Phi) is 5.39. The van der Waals surface area contributed by atoms with Crippen LogP contribution in [0.15, 0.2) is 0 Å². The highest BCUT2D eigenvalue weighted by molar-refractivity contribution is 5.52. The molecule has 0 aliphatic heterocycles. The number of hydrogen-bond donors (Lipinski definition) is 1. The van der Waals surface area contributed by atoms with E-state index in [0.29, 0.717) is 5.41 Å². The summed E-state index contributed by atoms with van der Waals surface area (Å²) in [4.78, 5) is 10.7. The number of carbonyl (C=O) groups is 1. The molecule has 0 radical (unpaired) electrons. The Morgan fingerprint density at radius 3 is 1.82 bits per heavy atom. The van der Waals surface area contributed by atoms with Gasteiger partial charge in [-0.05, 0) is 46.0 Å². The lowest BCUT2D eigenvalue weighted by Crippen LogP contribution is -2.54. The average Bonchev–Trinajstić information content (AvgIpc) is 1.94. The predicted molar refractivity (Wildman–Crippen MR) is 75.2 cm³/mol. The lowest BCUT2D eigenvalue weighted by Gasteiger charge is -2.41. The summed E-state index contributed by atoms with van der Waals surface area (Å²) in [6.07, 6.45) is 3.03. The quantitative estimate of drug-likeness (QED) is 0.717. The van der Waals surface area contributed by atoms with Crippen LogP contribution in [0.25, 0.3) is 0 Å². The molecule has 0 aromatic rings. The number of hydrogen-bond acceptors (Lipinski definition) is 2. The van der Waals surface area contributed by atoms with Gasteiger partial charge in [-0.2, -0.15) is 0 Å². The van der Waals surface area contributed by atoms with Crippen LogP contribution < -0.4 is 5.32 Å². The summed E-state index contributed by atoms with van der Waals surface area (Å²) in [5, 5.41) is 3.70. The molecule has 0 bridgehead atoms. The Morgan fingerprint density at radius 1 is 1.00 bits per heavy atom. The van der Waals surface area contributed by atoms with E-state index >= 15 is 0 Å². The van der Waals surface area contributed by atoms with Crippen LogP contribution in [0, 0.1) is 11.3 Å². The van der Waals surface area contributed by atoms with Gasteiger partial charge in [0, 0.05) is 17.0 Å². The molecular formula is C15H31NO. The van der Waals surface area contributed by atoms with E-state index in [1.165, 1.54) is 0 Å². The first-order valence-electron chi connectivity index (χ1n) is 6.62. The molecule has 0 fully saturated rings. The topological polar surface area (TPSA) is 29.1 Å². The number of aldehydes is 1. The zero-order valence-corrected chi connectivity index (χ0v) is 13.0. The van der Waals surface area contributed by atoms with Crippen LogP contribution in [0.1, 0.15) is 68.2 Å². The summed E-state index contributed by atoms with van der Waals surface area (Å²) < 4.78 is 0. The fraction of sp³-hybridized carbons (Fsp3) is 0.933. The fourth-order valence-electron chi connectivity index (χ4n) is 3.19. The Hall–Kier alpha value is -0.370. The molecule has 0 heterocycles. The molecule has 17 heavy (non-hydrogen) atoms. The van der Waals surface area contributed by atoms with Crippen molar-refractivity contribution in [2.24, 2.45) is 11.3 Å². The van der Waals surface area contributed by atoms with E-state index in [1.807, 2.05) is 6.92 Å². The summed E-state index contributed by atoms with van der Waals surface area (Å²) in [7, 11) is 0. The van der Waals surface area contributed by atoms with E-state index in [9.17, 15) is 4.79 Å². The van der Waals surface area contributed by atoms with Crippen LogP contribution in [0.4, 0.5) is 0 Å². The van der Waals surface area contributed by atoms with E-state index in [0.717, 1.165) is 19.1 Å². The standard InChI is InChI=1S/C15H31NO/c1-12(10-17)9-14(5,6)16-15(7,8)11-13(2,3)4/h10,12,16H,9,11H2,1-8H3. The number of nitrogens with one attached hydrogen (secondary N) is 1. The molecule has 0 saturated heterocycles. The Labute approximate surface area is 108 Å². The highest BCUT2D eigenvalue weighted by atomic mass is 16.1. The van der Waals surface area contributed by atoms with Crippen molar-refractivity contribution in [3.63, 3.8) is 0 Å². The van der Waals surface area contributed by atoms with Gasteiger partial charge in [-0.1, -0.05) is 27.7 Å². The van der Waals surface area contributed by atoms with Crippen molar-refractivity contribution < 1.29 is 4.79 Å². The van der Waals surface area contributed by atoms with Crippen molar-refractivity contribution in [2.45, 2.75) is 79.3 Å². The first kappa shape index (κ1) is 16.6. The summed E-state index contributed by atoms with van der Waals surface area (Å²) in [5.74, 6) is 0.114. The van der Waals surface area contributed by atoms with Gasteiger partial charge in [0.2, 0.25) is 0 Å². The van der Waals surface area contributed by atoms with Crippen molar-refractivity contribution in [1.82, 2.24) is 5.32 Å². The molecule has 0 aliphatic carbocycles. The molecular weight excluding hydrogens is 210 g/mol. The Morgan fingerprint density at radius 2 is 1.47 bits per heavy atom. The van der Waals surface area contributed by atoms with Crippen LogP contribution in [0.2, 0.25) is 0 Å². The van der Waals surface area contributed by atoms with Gasteiger partial charge in [0.15, 0.2) is 0 Å². The maximum atomic E-state index is 10.7. The normalized spacial score (nSPS) is 15.8. The predicted octanol–water partition coefficient (Wildman–Crippen LogP) is 3.79. The molecule has 0 amide bonds. The molecule has 2 nitrogen and oxygen atoms in total. The third-order valence-electron chi connectivity index (χ3n) is 2.71. The van der Waals surface area contributed by atoms with Crippen LogP contribution in [0.3, 0.4) is 0 Å². The van der Waals surface area contributed by atoms with Gasteiger partial charge in [0.25, 0.3) is 0 Å². The molecule has 1 unspecified atom stereocenters. The van der Waals surface area contributed by atoms with Gasteiger partial charge in [0.05, 0.1) is 0 Å². The first-order valence-corrected chi connectivity index (χ1v) is 6.62. The third kappa shape index (κ3) is 8.37. The largest absolute Gasteiger partial charge is 0.307 e. The maximum Gasteiger partial charge on any atom is 0.122 e. The minimum Gasteiger partial charge on any atom is -0.307 e. The average molecular weight is 241 g/mol. The van der Waals surface area contributed by atoms with Crippen molar-refractivity contribution in [3.8, 4) is 0 Å². The second-order valence-electron chi connectivity index (χ2n) is 7.95. The minimum absolute atomic E-state index is 0.00488. The zero-order valence-electron chi connectivity index (χ0n) is 13.0. The minimum atomic E-state index is -0.00488. The molecule has 1 N–H and O–H groups in total. The van der Waals surface area contributed by atoms with Gasteiger partial charge in [-0.25, -0.2) is 0 Å². The smallest absolute Gasteiger partial charge is 0.122 e. The van der Waals surface area contributed by atoms with Gasteiger partial charge >= 0.3 is 0 Å². The Balaban J connectivity index is 4.52. The van der Waals surface area contributed by atoms with E-state index < -0.39 is 0 Å². The van der Waals surface area contributed by atoms with Gasteiger partial charge < -0.3 is 10.1 Å². The third-order valence-corrected chi connectivity index (χ3v) is 2.71. The molecule has 0 spiro atoms. The van der Waals surface area contributed by atoms with Gasteiger partial charge in [-0.15, -0.1) is 0 Å². The summed E-state index contributed by atoms with van der Waals surface area (Å²) in [6, 6.07) is 0. The van der Waals surface area contributed by atoms with E-state index in [1.54, 1.807) is 0 Å². The summed E-state index contributed by atoms with van der Waals surface area (Å²) in [5.41, 5.74) is 0.391. The van der Waals surface area contributed by atoms with E-state index in [4.69, 9.17) is 0 Å². The van der Waals surface area contributed by atoms with Crippen LogP contribution in [-0.2, 0) is 4.79 Å². The number of rotatable bonds is 6. The Bertz CT molecular complexity index is 248. The van der Waals surface area contributed by atoms with Crippen molar-refractivity contribution in [3.05, 3.63) is 0 Å². The summed E-state index contributed by atoms with van der Waals surface area (Å²) >= 11 is 0. The molecule has 0 aromatic heterocycles. The molecule has 0 rings (SSSR count). The molecule has 1 atom stereocenters. The monoisotopic (exact) mass is 241 g/mol. The molecule has 2 heteroatoms. The second-order valence-corrected chi connectivity index (χ2v) is 7.95. The van der Waals surface area contributed by atoms with Crippen molar-refractivity contribution in [1.29, 1.82) is 0 Å². The highest BCUT2D eigenvalue weighted by Gasteiger charge is 2.31. The molecule has 0 saturated carbocycles. The van der Waals surface area contributed by atoms with Crippen LogP contribution in [0.5, 0.6) is 0 Å². The fourth-order valence-corrected chi connectivity index (χ4v) is 3.19. The van der Waals surface area contributed by atoms with Crippen LogP contribution in [-0.4, -0.2) is 17.4 Å². The first-order chi connectivity index (χ1) is 7.37. The van der Waals surface area contributed by atoms with E-state index in [-0.39, 0.29) is 17.0 Å². The second kappa shape index (κ2) is 5.51. The lowest BCUT2D eigenvalue weighted by atomic mass is 9.79. The van der Waals surface area contributed by atoms with Crippen molar-refractivity contribution in [2.75, 3.05) is 0 Å². The molecule has 0 aliphatic rings.